The van der Waals surface area contributed by atoms with Gasteiger partial charge in [0.15, 0.2) is 0 Å². The minimum absolute atomic E-state index is 0.0728. The maximum absolute atomic E-state index is 11.7. The van der Waals surface area contributed by atoms with Gasteiger partial charge in [0.25, 0.3) is 0 Å². The fourth-order valence-corrected chi connectivity index (χ4v) is 2.87. The summed E-state index contributed by atoms with van der Waals surface area (Å²) in [6, 6.07) is 0. The van der Waals surface area contributed by atoms with E-state index in [-0.39, 0.29) is 29.7 Å². The Morgan fingerprint density at radius 3 is 1.47 bits per heavy atom. The van der Waals surface area contributed by atoms with Crippen LogP contribution in [0.5, 0.6) is 0 Å². The molecule has 0 aromatic carbocycles. The number of ether oxygens (including phenoxy) is 4. The lowest BCUT2D eigenvalue weighted by molar-refractivity contribution is -0.163. The molecule has 0 aromatic rings. The molecule has 0 aliphatic heterocycles. The van der Waals surface area contributed by atoms with Crippen molar-refractivity contribution < 1.29 is 33.3 Å². The van der Waals surface area contributed by atoms with E-state index in [0.717, 1.165) is 24.6 Å². The van der Waals surface area contributed by atoms with E-state index in [2.05, 4.69) is 56.2 Å². The third-order valence-electron chi connectivity index (χ3n) is 4.05. The first-order valence-corrected chi connectivity index (χ1v) is 10.6. The van der Waals surface area contributed by atoms with Gasteiger partial charge in [-0.15, -0.1) is 0 Å². The molecular weight excluding hydrogens is 503 g/mol. The second-order valence-corrected chi connectivity index (χ2v) is 11.1. The summed E-state index contributed by atoms with van der Waals surface area (Å²) in [5.74, 6) is -1.93. The van der Waals surface area contributed by atoms with Gasteiger partial charge in [-0.3, -0.25) is 0 Å². The number of rotatable bonds is 15. The van der Waals surface area contributed by atoms with Crippen LogP contribution in [0.2, 0.25) is 0 Å². The molecule has 0 spiro atoms. The molecule has 0 fully saturated rings. The lowest BCUT2D eigenvalue weighted by Crippen LogP contribution is -2.45. The Balaban J connectivity index is 5.63. The van der Waals surface area contributed by atoms with Crippen LogP contribution in [0.1, 0.15) is 40.5 Å². The van der Waals surface area contributed by atoms with Gasteiger partial charge in [0, 0.05) is 28.3 Å². The molecule has 0 amide bonds. The van der Waals surface area contributed by atoms with Crippen LogP contribution >= 0.6 is 22.6 Å². The zero-order chi connectivity index (χ0) is 23.4. The summed E-state index contributed by atoms with van der Waals surface area (Å²) in [6.45, 7) is 18.1. The molecule has 170 valence electrons. The van der Waals surface area contributed by atoms with Crippen molar-refractivity contribution in [1.82, 2.24) is 0 Å². The van der Waals surface area contributed by atoms with E-state index in [9.17, 15) is 14.4 Å². The molecule has 0 unspecified atom stereocenters. The first-order chi connectivity index (χ1) is 13.8. The predicted octanol–water partition coefficient (Wildman–Crippen LogP) is 3.95. The zero-order valence-corrected chi connectivity index (χ0v) is 20.5. The highest BCUT2D eigenvalue weighted by Crippen LogP contribution is 2.34. The molecular formula is C22H33IO7. The largest absolute Gasteiger partial charge is 0.462 e. The molecule has 0 atom stereocenters. The molecule has 0 saturated carbocycles. The van der Waals surface area contributed by atoms with Crippen molar-refractivity contribution >= 4 is 40.5 Å². The second-order valence-electron chi connectivity index (χ2n) is 8.19. The predicted molar refractivity (Wildman–Crippen MR) is 123 cm³/mol. The van der Waals surface area contributed by atoms with Gasteiger partial charge in [0.1, 0.15) is 19.8 Å². The summed E-state index contributed by atoms with van der Waals surface area (Å²) in [7, 11) is 0. The van der Waals surface area contributed by atoms with Gasteiger partial charge < -0.3 is 18.9 Å². The fourth-order valence-electron chi connectivity index (χ4n) is 2.65. The Hall–Kier alpha value is -1.68. The van der Waals surface area contributed by atoms with Crippen LogP contribution in [-0.2, 0) is 33.3 Å². The van der Waals surface area contributed by atoms with E-state index in [0.29, 0.717) is 6.61 Å². The first kappa shape index (κ1) is 28.3. The number of carbonyl (C=O) groups is 3. The first-order valence-electron chi connectivity index (χ1n) is 9.48. The molecule has 0 aliphatic rings. The number of hydrogen-bond donors (Lipinski definition) is 0. The maximum atomic E-state index is 11.7. The second kappa shape index (κ2) is 12.9. The lowest BCUT2D eigenvalue weighted by Gasteiger charge is -2.38. The quantitative estimate of drug-likeness (QED) is 0.103. The van der Waals surface area contributed by atoms with Crippen LogP contribution in [0.15, 0.2) is 38.0 Å². The highest BCUT2D eigenvalue weighted by atomic mass is 127. The third kappa shape index (κ3) is 12.8. The van der Waals surface area contributed by atoms with E-state index >= 15 is 0 Å². The Labute approximate surface area is 193 Å². The van der Waals surface area contributed by atoms with Crippen LogP contribution in [0.4, 0.5) is 0 Å². The topological polar surface area (TPSA) is 88.1 Å². The van der Waals surface area contributed by atoms with Crippen LogP contribution in [0, 0.1) is 5.41 Å². The highest BCUT2D eigenvalue weighted by Gasteiger charge is 2.41. The molecule has 0 bridgehead atoms. The maximum Gasteiger partial charge on any atom is 0.330 e. The van der Waals surface area contributed by atoms with Crippen LogP contribution in [-0.4, -0.2) is 53.4 Å². The molecule has 0 aliphatic carbocycles. The van der Waals surface area contributed by atoms with Gasteiger partial charge >= 0.3 is 17.9 Å². The van der Waals surface area contributed by atoms with Crippen molar-refractivity contribution in [3.8, 4) is 0 Å². The normalized spacial score (nSPS) is 11.9. The molecule has 0 rings (SSSR count). The number of alkyl halides is 1. The molecule has 30 heavy (non-hydrogen) atoms. The van der Waals surface area contributed by atoms with Crippen molar-refractivity contribution in [3.63, 3.8) is 0 Å². The summed E-state index contributed by atoms with van der Waals surface area (Å²) in [5, 5.41) is 0. The highest BCUT2D eigenvalue weighted by molar-refractivity contribution is 14.1. The summed E-state index contributed by atoms with van der Waals surface area (Å²) in [6.07, 6.45) is 4.19. The summed E-state index contributed by atoms with van der Waals surface area (Å²) < 4.78 is 21.9. The van der Waals surface area contributed by atoms with Gasteiger partial charge in [-0.2, -0.15) is 0 Å². The average Bonchev–Trinajstić information content (AvgIpc) is 2.66. The standard InChI is InChI=1S/C22H33IO7/c1-8-17(24)27-14-22(15-28-18(25)9-2,16-29-19(26)10-3)13-21(6,7)30-12-11-20(4,5)23/h8-10H,1-3,11-16H2,4-7H3. The molecule has 0 aromatic heterocycles. The molecule has 0 N–H and O–H groups in total. The van der Waals surface area contributed by atoms with Crippen LogP contribution < -0.4 is 0 Å². The number of halogens is 1. The van der Waals surface area contributed by atoms with Gasteiger partial charge in [0.2, 0.25) is 0 Å². The van der Waals surface area contributed by atoms with Crippen LogP contribution in [0.25, 0.3) is 0 Å². The third-order valence-corrected chi connectivity index (χ3v) is 4.59. The Bertz CT molecular complexity index is 572. The summed E-state index contributed by atoms with van der Waals surface area (Å²) >= 11 is 2.35. The van der Waals surface area contributed by atoms with Gasteiger partial charge in [-0.05, 0) is 26.7 Å². The number of carbonyl (C=O) groups excluding carboxylic acids is 3. The van der Waals surface area contributed by atoms with Crippen molar-refractivity contribution in [2.75, 3.05) is 26.4 Å². The molecule has 0 saturated heterocycles. The molecule has 0 radical (unpaired) electrons. The van der Waals surface area contributed by atoms with Gasteiger partial charge in [-0.1, -0.05) is 56.2 Å². The molecule has 7 nitrogen and oxygen atoms in total. The Kier molecular flexibility index (Phi) is 12.2. The minimum atomic E-state index is -1.04. The van der Waals surface area contributed by atoms with Gasteiger partial charge in [0.05, 0.1) is 11.0 Å². The minimum Gasteiger partial charge on any atom is -0.462 e. The van der Waals surface area contributed by atoms with Crippen molar-refractivity contribution in [2.24, 2.45) is 5.41 Å². The van der Waals surface area contributed by atoms with E-state index in [1.807, 2.05) is 13.8 Å². The number of esters is 3. The average molecular weight is 536 g/mol. The van der Waals surface area contributed by atoms with Crippen molar-refractivity contribution in [2.45, 2.75) is 49.6 Å². The van der Waals surface area contributed by atoms with Crippen molar-refractivity contribution in [1.29, 1.82) is 0 Å². The SMILES string of the molecule is C=CC(=O)OCC(COC(=O)C=C)(COC(=O)C=C)CC(C)(C)OCCC(C)(C)I. The van der Waals surface area contributed by atoms with E-state index in [1.54, 1.807) is 0 Å². The Morgan fingerprint density at radius 2 is 1.17 bits per heavy atom. The smallest absolute Gasteiger partial charge is 0.330 e. The molecule has 8 heteroatoms. The molecule has 0 heterocycles. The van der Waals surface area contributed by atoms with Crippen LogP contribution in [0.3, 0.4) is 0 Å². The van der Waals surface area contributed by atoms with E-state index < -0.39 is 28.9 Å². The van der Waals surface area contributed by atoms with E-state index in [4.69, 9.17) is 18.9 Å². The summed E-state index contributed by atoms with van der Waals surface area (Å²) in [5.41, 5.74) is -1.73. The number of hydrogen-bond acceptors (Lipinski definition) is 7. The zero-order valence-electron chi connectivity index (χ0n) is 18.3. The summed E-state index contributed by atoms with van der Waals surface area (Å²) in [4.78, 5) is 35.0. The van der Waals surface area contributed by atoms with E-state index in [1.165, 1.54) is 0 Å². The Morgan fingerprint density at radius 1 is 0.800 bits per heavy atom. The fraction of sp³-hybridized carbons (Fsp3) is 0.591. The van der Waals surface area contributed by atoms with Gasteiger partial charge in [-0.25, -0.2) is 14.4 Å². The monoisotopic (exact) mass is 536 g/mol. The van der Waals surface area contributed by atoms with Crippen molar-refractivity contribution in [3.05, 3.63) is 38.0 Å². The lowest BCUT2D eigenvalue weighted by atomic mass is 9.79.